The van der Waals surface area contributed by atoms with Crippen molar-refractivity contribution in [3.05, 3.63) is 29.8 Å². The smallest absolute Gasteiger partial charge is 0.339 e. The SMILES string of the molecule is COC(=O)C1O[C@@H](Oc2ccc(C(CN)C3(O)CCCCC3)cc2)C(OC(C)=O)C(OC(C)=O)[C@@H]1OC(C)=O. The summed E-state index contributed by atoms with van der Waals surface area (Å²) in [7, 11) is 1.11. The van der Waals surface area contributed by atoms with Gasteiger partial charge in [-0.15, -0.1) is 0 Å². The van der Waals surface area contributed by atoms with Crippen molar-refractivity contribution >= 4 is 23.9 Å². The molecule has 2 fully saturated rings. The molecule has 39 heavy (non-hydrogen) atoms. The minimum Gasteiger partial charge on any atom is -0.467 e. The van der Waals surface area contributed by atoms with E-state index >= 15 is 0 Å². The number of carbonyl (C=O) groups is 4. The minimum atomic E-state index is -1.55. The summed E-state index contributed by atoms with van der Waals surface area (Å²) in [6, 6.07) is 6.80. The third-order valence-corrected chi connectivity index (χ3v) is 6.97. The summed E-state index contributed by atoms with van der Waals surface area (Å²) in [5.41, 5.74) is 5.99. The first-order valence-corrected chi connectivity index (χ1v) is 12.9. The molecule has 0 amide bonds. The third-order valence-electron chi connectivity index (χ3n) is 6.97. The molecule has 216 valence electrons. The van der Waals surface area contributed by atoms with Gasteiger partial charge in [0.1, 0.15) is 5.75 Å². The largest absolute Gasteiger partial charge is 0.467 e. The van der Waals surface area contributed by atoms with Crippen molar-refractivity contribution < 1.29 is 52.7 Å². The summed E-state index contributed by atoms with van der Waals surface area (Å²) < 4.78 is 32.5. The summed E-state index contributed by atoms with van der Waals surface area (Å²) >= 11 is 0. The molecule has 0 aromatic heterocycles. The van der Waals surface area contributed by atoms with Gasteiger partial charge < -0.3 is 39.3 Å². The highest BCUT2D eigenvalue weighted by atomic mass is 16.7. The number of nitrogens with two attached hydrogens (primary N) is 1. The summed E-state index contributed by atoms with van der Waals surface area (Å²) in [4.78, 5) is 48.3. The van der Waals surface area contributed by atoms with Crippen LogP contribution in [0, 0.1) is 0 Å². The third kappa shape index (κ3) is 7.46. The number of carbonyl (C=O) groups excluding carboxylic acids is 4. The standard InChI is InChI=1S/C27H37NO11/c1-15(29)35-21-22(36-16(2)30)24(37-17(3)31)26(39-23(21)25(32)34-4)38-19-10-8-18(9-11-19)20(14-28)27(33)12-6-5-7-13-27/h8-11,20-24,26,33H,5-7,12-14,28H2,1-4H3/t20?,21-,22?,23?,24?,26+/m0/s1. The fraction of sp³-hybridized carbons (Fsp3) is 0.630. The van der Waals surface area contributed by atoms with Crippen molar-refractivity contribution in [3.63, 3.8) is 0 Å². The quantitative estimate of drug-likeness (QED) is 0.335. The molecular formula is C27H37NO11. The van der Waals surface area contributed by atoms with Crippen LogP contribution in [0.5, 0.6) is 5.75 Å². The second-order valence-electron chi connectivity index (χ2n) is 9.81. The van der Waals surface area contributed by atoms with E-state index in [2.05, 4.69) is 0 Å². The molecule has 2 aliphatic rings. The van der Waals surface area contributed by atoms with Crippen LogP contribution in [0.1, 0.15) is 64.4 Å². The molecule has 3 rings (SSSR count). The van der Waals surface area contributed by atoms with Gasteiger partial charge in [-0.2, -0.15) is 0 Å². The fourth-order valence-corrected chi connectivity index (χ4v) is 5.27. The summed E-state index contributed by atoms with van der Waals surface area (Å²) in [6.07, 6.45) is -3.05. The number of hydrogen-bond donors (Lipinski definition) is 2. The number of esters is 4. The van der Waals surface area contributed by atoms with Gasteiger partial charge in [-0.25, -0.2) is 4.79 Å². The Kier molecular flexibility index (Phi) is 10.3. The molecule has 4 unspecified atom stereocenters. The van der Waals surface area contributed by atoms with Gasteiger partial charge in [0, 0.05) is 33.2 Å². The molecule has 1 aromatic rings. The Morgan fingerprint density at radius 2 is 1.46 bits per heavy atom. The van der Waals surface area contributed by atoms with Gasteiger partial charge >= 0.3 is 23.9 Å². The number of methoxy groups -OCH3 is 1. The number of rotatable bonds is 9. The van der Waals surface area contributed by atoms with E-state index in [0.29, 0.717) is 12.8 Å². The van der Waals surface area contributed by atoms with Gasteiger partial charge in [0.2, 0.25) is 12.4 Å². The summed E-state index contributed by atoms with van der Waals surface area (Å²) in [5.74, 6) is -3.25. The molecular weight excluding hydrogens is 514 g/mol. The van der Waals surface area contributed by atoms with Crippen LogP contribution in [0.2, 0.25) is 0 Å². The number of ether oxygens (including phenoxy) is 6. The molecule has 0 spiro atoms. The molecule has 1 saturated heterocycles. The van der Waals surface area contributed by atoms with Gasteiger partial charge in [-0.1, -0.05) is 31.4 Å². The summed E-state index contributed by atoms with van der Waals surface area (Å²) in [5, 5.41) is 11.2. The second-order valence-corrected chi connectivity index (χ2v) is 9.81. The molecule has 1 saturated carbocycles. The van der Waals surface area contributed by atoms with E-state index in [1.807, 2.05) is 0 Å². The van der Waals surface area contributed by atoms with Crippen LogP contribution in [0.3, 0.4) is 0 Å². The first-order chi connectivity index (χ1) is 18.5. The number of benzene rings is 1. The van der Waals surface area contributed by atoms with Crippen LogP contribution < -0.4 is 10.5 Å². The van der Waals surface area contributed by atoms with Crippen LogP contribution in [0.4, 0.5) is 0 Å². The van der Waals surface area contributed by atoms with Crippen LogP contribution >= 0.6 is 0 Å². The van der Waals surface area contributed by atoms with E-state index in [1.165, 1.54) is 0 Å². The van der Waals surface area contributed by atoms with Gasteiger partial charge in [0.25, 0.3) is 0 Å². The van der Waals surface area contributed by atoms with Crippen molar-refractivity contribution in [3.8, 4) is 5.75 Å². The van der Waals surface area contributed by atoms with E-state index in [9.17, 15) is 24.3 Å². The predicted octanol–water partition coefficient (Wildman–Crippen LogP) is 1.50. The van der Waals surface area contributed by atoms with Gasteiger partial charge in [0.05, 0.1) is 12.7 Å². The molecule has 6 atom stereocenters. The van der Waals surface area contributed by atoms with E-state index in [1.54, 1.807) is 24.3 Å². The zero-order chi connectivity index (χ0) is 28.7. The lowest BCUT2D eigenvalue weighted by molar-refractivity contribution is -0.282. The average molecular weight is 552 g/mol. The van der Waals surface area contributed by atoms with Crippen LogP contribution in [0.15, 0.2) is 24.3 Å². The minimum absolute atomic E-state index is 0.263. The van der Waals surface area contributed by atoms with Crippen molar-refractivity contribution in [1.82, 2.24) is 0 Å². The maximum Gasteiger partial charge on any atom is 0.339 e. The maximum absolute atomic E-state index is 12.6. The molecule has 1 aromatic carbocycles. The Balaban J connectivity index is 1.92. The van der Waals surface area contributed by atoms with Crippen molar-refractivity contribution in [2.45, 2.75) is 95.1 Å². The Hall–Kier alpha value is -3.22. The lowest BCUT2D eigenvalue weighted by Gasteiger charge is -2.43. The molecule has 1 aliphatic heterocycles. The molecule has 0 radical (unpaired) electrons. The Bertz CT molecular complexity index is 1020. The Morgan fingerprint density at radius 3 is 1.97 bits per heavy atom. The number of hydrogen-bond acceptors (Lipinski definition) is 12. The highest BCUT2D eigenvalue weighted by molar-refractivity contribution is 5.77. The normalized spacial score (nSPS) is 27.0. The Labute approximate surface area is 227 Å². The number of aliphatic hydroxyl groups is 1. The monoisotopic (exact) mass is 551 g/mol. The van der Waals surface area contributed by atoms with Crippen LogP contribution in [0.25, 0.3) is 0 Å². The molecule has 3 N–H and O–H groups in total. The van der Waals surface area contributed by atoms with E-state index in [0.717, 1.165) is 52.7 Å². The van der Waals surface area contributed by atoms with E-state index in [4.69, 9.17) is 34.2 Å². The van der Waals surface area contributed by atoms with Crippen LogP contribution in [-0.2, 0) is 42.9 Å². The molecule has 12 heteroatoms. The van der Waals surface area contributed by atoms with E-state index < -0.39 is 60.2 Å². The van der Waals surface area contributed by atoms with Crippen LogP contribution in [-0.4, -0.2) is 78.9 Å². The second kappa shape index (κ2) is 13.2. The van der Waals surface area contributed by atoms with Gasteiger partial charge in [0.15, 0.2) is 18.3 Å². The topological polar surface area (TPSA) is 170 Å². The van der Waals surface area contributed by atoms with Gasteiger partial charge in [-0.3, -0.25) is 14.4 Å². The van der Waals surface area contributed by atoms with Crippen molar-refractivity contribution in [1.29, 1.82) is 0 Å². The Morgan fingerprint density at radius 1 is 0.923 bits per heavy atom. The van der Waals surface area contributed by atoms with Crippen molar-refractivity contribution in [2.75, 3.05) is 13.7 Å². The first kappa shape index (κ1) is 30.3. The molecule has 1 heterocycles. The molecule has 12 nitrogen and oxygen atoms in total. The maximum atomic E-state index is 12.6. The zero-order valence-corrected chi connectivity index (χ0v) is 22.6. The van der Waals surface area contributed by atoms with E-state index in [-0.39, 0.29) is 18.2 Å². The molecule has 1 aliphatic carbocycles. The van der Waals surface area contributed by atoms with Crippen molar-refractivity contribution in [2.24, 2.45) is 5.73 Å². The molecule has 0 bridgehead atoms. The highest BCUT2D eigenvalue weighted by Gasteiger charge is 2.55. The predicted molar refractivity (Wildman–Crippen MR) is 134 cm³/mol. The average Bonchev–Trinajstić information content (AvgIpc) is 2.87. The van der Waals surface area contributed by atoms with Gasteiger partial charge in [-0.05, 0) is 30.5 Å². The zero-order valence-electron chi connectivity index (χ0n) is 22.6. The lowest BCUT2D eigenvalue weighted by atomic mass is 9.73. The summed E-state index contributed by atoms with van der Waals surface area (Å²) in [6.45, 7) is 3.61. The highest BCUT2D eigenvalue weighted by Crippen LogP contribution is 2.40. The fourth-order valence-electron chi connectivity index (χ4n) is 5.27. The lowest BCUT2D eigenvalue weighted by Crippen LogP contribution is -2.64. The first-order valence-electron chi connectivity index (χ1n) is 12.9.